The average Bonchev–Trinajstić information content (AvgIpc) is 2.74. The molecule has 0 aliphatic carbocycles. The molecule has 0 N–H and O–H groups in total. The lowest BCUT2D eigenvalue weighted by Crippen LogP contribution is -2.06. The van der Waals surface area contributed by atoms with E-state index >= 15 is 0 Å². The van der Waals surface area contributed by atoms with Crippen molar-refractivity contribution in [1.29, 1.82) is 0 Å². The predicted octanol–water partition coefficient (Wildman–Crippen LogP) is 6.14. The number of aromatic nitrogens is 1. The lowest BCUT2D eigenvalue weighted by Gasteiger charge is -2.23. The van der Waals surface area contributed by atoms with Crippen molar-refractivity contribution >= 4 is 22.8 Å². The third-order valence-corrected chi connectivity index (χ3v) is 5.14. The topological polar surface area (TPSA) is 25.2 Å². The second kappa shape index (κ2) is 6.23. The minimum atomic E-state index is 0.343. The van der Waals surface area contributed by atoms with Gasteiger partial charge in [0, 0.05) is 23.7 Å². The van der Waals surface area contributed by atoms with Gasteiger partial charge < -0.3 is 0 Å². The first-order valence-electron chi connectivity index (χ1n) is 8.96. The highest BCUT2D eigenvalue weighted by Crippen LogP contribution is 2.42. The van der Waals surface area contributed by atoms with E-state index in [2.05, 4.69) is 72.8 Å². The molecule has 0 radical (unpaired) electrons. The molecular formula is C24H18N2. The van der Waals surface area contributed by atoms with Crippen LogP contribution in [-0.2, 0) is 0 Å². The van der Waals surface area contributed by atoms with Crippen LogP contribution in [0.4, 0.5) is 5.69 Å². The Balaban J connectivity index is 1.72. The van der Waals surface area contributed by atoms with Gasteiger partial charge in [-0.05, 0) is 34.7 Å². The fourth-order valence-electron chi connectivity index (χ4n) is 3.88. The molecule has 26 heavy (non-hydrogen) atoms. The molecule has 4 aromatic rings. The van der Waals surface area contributed by atoms with Crippen LogP contribution in [0.1, 0.15) is 23.5 Å². The van der Waals surface area contributed by atoms with Gasteiger partial charge in [0.05, 0.1) is 11.2 Å². The summed E-state index contributed by atoms with van der Waals surface area (Å²) in [4.78, 5) is 9.44. The fraction of sp³-hybridized carbons (Fsp3) is 0.0833. The standard InChI is InChI=1S/C24H18N2/c1-3-7-17(8-4-1)19-13-15-25-23-21(19)11-12-22-20(14-16-26-24(22)23)18-9-5-2-6-10-18/h1-13,15-16,20H,14H2. The Morgan fingerprint density at radius 3 is 2.35 bits per heavy atom. The lowest BCUT2D eigenvalue weighted by atomic mass is 9.85. The van der Waals surface area contributed by atoms with Gasteiger partial charge in [-0.15, -0.1) is 0 Å². The zero-order valence-electron chi connectivity index (χ0n) is 14.3. The molecule has 0 amide bonds. The van der Waals surface area contributed by atoms with Gasteiger partial charge in [0.1, 0.15) is 0 Å². The zero-order valence-corrected chi connectivity index (χ0v) is 14.3. The molecule has 0 saturated carbocycles. The third kappa shape index (κ3) is 2.42. The van der Waals surface area contributed by atoms with E-state index in [-0.39, 0.29) is 0 Å². The number of rotatable bonds is 2. The molecule has 2 heteroatoms. The number of benzene rings is 3. The maximum absolute atomic E-state index is 4.74. The van der Waals surface area contributed by atoms with E-state index in [1.807, 2.05) is 18.5 Å². The first-order chi connectivity index (χ1) is 12.9. The minimum absolute atomic E-state index is 0.343. The summed E-state index contributed by atoms with van der Waals surface area (Å²) >= 11 is 0. The molecule has 1 aliphatic heterocycles. The van der Waals surface area contributed by atoms with Gasteiger partial charge in [0.25, 0.3) is 0 Å². The lowest BCUT2D eigenvalue weighted by molar-refractivity contribution is 0.853. The van der Waals surface area contributed by atoms with Crippen molar-refractivity contribution < 1.29 is 0 Å². The van der Waals surface area contributed by atoms with Crippen LogP contribution in [0.3, 0.4) is 0 Å². The van der Waals surface area contributed by atoms with E-state index in [0.29, 0.717) is 5.92 Å². The van der Waals surface area contributed by atoms with Crippen LogP contribution < -0.4 is 0 Å². The summed E-state index contributed by atoms with van der Waals surface area (Å²) in [5.74, 6) is 0.343. The van der Waals surface area contributed by atoms with Crippen LogP contribution >= 0.6 is 0 Å². The maximum Gasteiger partial charge on any atom is 0.0967 e. The summed E-state index contributed by atoms with van der Waals surface area (Å²) in [5.41, 5.74) is 7.01. The van der Waals surface area contributed by atoms with Gasteiger partial charge in [-0.2, -0.15) is 0 Å². The number of pyridine rings is 1. The van der Waals surface area contributed by atoms with Gasteiger partial charge in [0.15, 0.2) is 0 Å². The SMILES string of the molecule is C1=Nc2c(ccc3c(-c4ccccc4)ccnc23)C(c2ccccc2)C1. The summed E-state index contributed by atoms with van der Waals surface area (Å²) in [6.45, 7) is 0. The smallest absolute Gasteiger partial charge is 0.0967 e. The maximum atomic E-state index is 4.74. The number of hydrogen-bond acceptors (Lipinski definition) is 2. The Hall–Kier alpha value is -3.26. The molecule has 1 atom stereocenters. The Bertz CT molecular complexity index is 1100. The van der Waals surface area contributed by atoms with Crippen LogP contribution in [0.2, 0.25) is 0 Å². The van der Waals surface area contributed by atoms with Crippen LogP contribution in [0.5, 0.6) is 0 Å². The third-order valence-electron chi connectivity index (χ3n) is 5.14. The van der Waals surface area contributed by atoms with Crippen molar-refractivity contribution in [2.75, 3.05) is 0 Å². The van der Waals surface area contributed by atoms with Crippen molar-refractivity contribution in [2.24, 2.45) is 4.99 Å². The second-order valence-corrected chi connectivity index (χ2v) is 6.63. The highest BCUT2D eigenvalue weighted by Gasteiger charge is 2.22. The Labute approximate surface area is 152 Å². The van der Waals surface area contributed by atoms with E-state index in [0.717, 1.165) is 23.0 Å². The van der Waals surface area contributed by atoms with Crippen LogP contribution in [0.25, 0.3) is 22.0 Å². The molecule has 1 aliphatic rings. The second-order valence-electron chi connectivity index (χ2n) is 6.63. The van der Waals surface area contributed by atoms with Gasteiger partial charge in [-0.1, -0.05) is 72.8 Å². The van der Waals surface area contributed by atoms with E-state index in [9.17, 15) is 0 Å². The van der Waals surface area contributed by atoms with Crippen LogP contribution in [-0.4, -0.2) is 11.2 Å². The highest BCUT2D eigenvalue weighted by atomic mass is 14.8. The minimum Gasteiger partial charge on any atom is -0.259 e. The van der Waals surface area contributed by atoms with Gasteiger partial charge in [0.2, 0.25) is 0 Å². The van der Waals surface area contributed by atoms with E-state index in [1.165, 1.54) is 22.3 Å². The number of hydrogen-bond donors (Lipinski definition) is 0. The Morgan fingerprint density at radius 1 is 0.769 bits per heavy atom. The number of aliphatic imine (C=N–C) groups is 1. The van der Waals surface area contributed by atoms with Crippen molar-refractivity contribution in [2.45, 2.75) is 12.3 Å². The molecule has 0 spiro atoms. The molecule has 2 nitrogen and oxygen atoms in total. The molecule has 1 unspecified atom stereocenters. The molecule has 0 fully saturated rings. The Kier molecular flexibility index (Phi) is 3.60. The fourth-order valence-corrected chi connectivity index (χ4v) is 3.88. The van der Waals surface area contributed by atoms with Crippen molar-refractivity contribution in [3.05, 3.63) is 96.2 Å². The summed E-state index contributed by atoms with van der Waals surface area (Å²) in [6.07, 6.45) is 4.86. The molecule has 3 aromatic carbocycles. The molecule has 0 saturated heterocycles. The summed E-state index contributed by atoms with van der Waals surface area (Å²) in [7, 11) is 0. The zero-order chi connectivity index (χ0) is 17.3. The molecule has 2 heterocycles. The number of fused-ring (bicyclic) bond motifs is 3. The largest absolute Gasteiger partial charge is 0.259 e. The highest BCUT2D eigenvalue weighted by molar-refractivity contribution is 6.02. The van der Waals surface area contributed by atoms with Gasteiger partial charge in [-0.3, -0.25) is 9.98 Å². The molecule has 124 valence electrons. The molecule has 5 rings (SSSR count). The van der Waals surface area contributed by atoms with Crippen molar-refractivity contribution in [3.8, 4) is 11.1 Å². The van der Waals surface area contributed by atoms with Crippen LogP contribution in [0, 0.1) is 0 Å². The molecule has 1 aromatic heterocycles. The first kappa shape index (κ1) is 15.0. The first-order valence-corrected chi connectivity index (χ1v) is 8.96. The molecular weight excluding hydrogens is 316 g/mol. The van der Waals surface area contributed by atoms with Crippen molar-refractivity contribution in [3.63, 3.8) is 0 Å². The molecule has 0 bridgehead atoms. The predicted molar refractivity (Wildman–Crippen MR) is 108 cm³/mol. The number of nitrogens with zero attached hydrogens (tertiary/aromatic N) is 2. The Morgan fingerprint density at radius 2 is 1.54 bits per heavy atom. The van der Waals surface area contributed by atoms with E-state index < -0.39 is 0 Å². The van der Waals surface area contributed by atoms with Gasteiger partial charge in [-0.25, -0.2) is 0 Å². The summed E-state index contributed by atoms with van der Waals surface area (Å²) in [6, 6.07) is 27.7. The monoisotopic (exact) mass is 334 g/mol. The normalized spacial score (nSPS) is 15.8. The van der Waals surface area contributed by atoms with Crippen molar-refractivity contribution in [1.82, 2.24) is 4.98 Å². The van der Waals surface area contributed by atoms with E-state index in [1.54, 1.807) is 0 Å². The summed E-state index contributed by atoms with van der Waals surface area (Å²) in [5, 5.41) is 1.16. The quantitative estimate of drug-likeness (QED) is 0.432. The average molecular weight is 334 g/mol. The van der Waals surface area contributed by atoms with E-state index in [4.69, 9.17) is 9.98 Å². The summed E-state index contributed by atoms with van der Waals surface area (Å²) < 4.78 is 0. The van der Waals surface area contributed by atoms with Crippen LogP contribution in [0.15, 0.2) is 90.1 Å². The van der Waals surface area contributed by atoms with Gasteiger partial charge >= 0.3 is 0 Å².